The van der Waals surface area contributed by atoms with Gasteiger partial charge >= 0.3 is 0 Å². The zero-order chi connectivity index (χ0) is 24.5. The number of hydrogen-bond donors (Lipinski definition) is 1. The molecule has 2 atom stereocenters. The molecule has 0 saturated heterocycles. The lowest BCUT2D eigenvalue weighted by atomic mass is 9.77. The van der Waals surface area contributed by atoms with Crippen molar-refractivity contribution in [3.63, 3.8) is 0 Å². The molecule has 0 spiro atoms. The number of hydrogen-bond acceptors (Lipinski definition) is 6. The zero-order valence-corrected chi connectivity index (χ0v) is 19.2. The van der Waals surface area contributed by atoms with Crippen molar-refractivity contribution >= 4 is 17.6 Å². The molecule has 2 aliphatic rings. The third kappa shape index (κ3) is 4.06. The molecule has 3 heterocycles. The van der Waals surface area contributed by atoms with Gasteiger partial charge in [0.25, 0.3) is 5.91 Å². The van der Waals surface area contributed by atoms with Gasteiger partial charge in [0.15, 0.2) is 11.5 Å². The van der Waals surface area contributed by atoms with Crippen molar-refractivity contribution in [2.75, 3.05) is 26.8 Å². The number of allylic oxidation sites excluding steroid dienone is 1. The number of guanidine groups is 1. The molecule has 2 aromatic rings. The van der Waals surface area contributed by atoms with E-state index in [-0.39, 0.29) is 24.1 Å². The van der Waals surface area contributed by atoms with E-state index in [1.54, 1.807) is 43.4 Å². The van der Waals surface area contributed by atoms with Crippen molar-refractivity contribution in [2.24, 2.45) is 16.6 Å². The van der Waals surface area contributed by atoms with Gasteiger partial charge in [-0.2, -0.15) is 4.39 Å². The lowest BCUT2D eigenvalue weighted by Crippen LogP contribution is -2.46. The van der Waals surface area contributed by atoms with Gasteiger partial charge in [0, 0.05) is 49.9 Å². The van der Waals surface area contributed by atoms with Gasteiger partial charge in [0.2, 0.25) is 5.95 Å². The first kappa shape index (κ1) is 23.5. The number of Topliss-reactive ketones (excluding diaryl/α,β-unsaturated/α-hetero) is 1. The topological polar surface area (TPSA) is 91.9 Å². The van der Waals surface area contributed by atoms with E-state index in [4.69, 9.17) is 5.73 Å². The van der Waals surface area contributed by atoms with Crippen molar-refractivity contribution in [3.8, 4) is 11.1 Å². The minimum atomic E-state index is -1.39. The van der Waals surface area contributed by atoms with E-state index in [0.717, 1.165) is 5.70 Å². The molecule has 9 heteroatoms. The molecule has 0 bridgehead atoms. The fraction of sp³-hybridized carbons (Fsp3) is 0.360. The Hall–Kier alpha value is -3.62. The molecule has 1 aromatic carbocycles. The molecule has 2 aliphatic heterocycles. The summed E-state index contributed by atoms with van der Waals surface area (Å²) < 4.78 is 27.3. The molecule has 0 fully saturated rings. The van der Waals surface area contributed by atoms with Crippen LogP contribution in [0.4, 0.5) is 8.78 Å². The number of nitrogens with two attached hydrogens (primary N) is 1. The summed E-state index contributed by atoms with van der Waals surface area (Å²) in [7, 11) is 1.56. The van der Waals surface area contributed by atoms with E-state index in [1.807, 2.05) is 11.0 Å². The Morgan fingerprint density at radius 3 is 2.74 bits per heavy atom. The molecule has 178 valence electrons. The third-order valence-corrected chi connectivity index (χ3v) is 6.38. The van der Waals surface area contributed by atoms with Gasteiger partial charge in [0.05, 0.1) is 6.67 Å². The summed E-state index contributed by atoms with van der Waals surface area (Å²) in [5, 5.41) is 0. The highest BCUT2D eigenvalue weighted by atomic mass is 19.1. The van der Waals surface area contributed by atoms with Gasteiger partial charge in [-0.15, -0.1) is 0 Å². The fourth-order valence-electron chi connectivity index (χ4n) is 4.74. The van der Waals surface area contributed by atoms with E-state index in [9.17, 15) is 18.4 Å². The Morgan fingerprint density at radius 2 is 2.09 bits per heavy atom. The molecular weight excluding hydrogens is 440 g/mol. The summed E-state index contributed by atoms with van der Waals surface area (Å²) >= 11 is 0. The van der Waals surface area contributed by atoms with Crippen molar-refractivity contribution < 1.29 is 18.4 Å². The maximum Gasteiger partial charge on any atom is 0.262 e. The van der Waals surface area contributed by atoms with Crippen molar-refractivity contribution in [2.45, 2.75) is 25.3 Å². The Kier molecular flexibility index (Phi) is 6.45. The second-order valence-corrected chi connectivity index (χ2v) is 8.65. The van der Waals surface area contributed by atoms with Crippen LogP contribution in [0.2, 0.25) is 0 Å². The Morgan fingerprint density at radius 1 is 1.29 bits per heavy atom. The number of aromatic nitrogens is 1. The van der Waals surface area contributed by atoms with Crippen LogP contribution in [-0.2, 0) is 15.1 Å². The lowest BCUT2D eigenvalue weighted by Gasteiger charge is -2.32. The average Bonchev–Trinajstić information content (AvgIpc) is 3.32. The van der Waals surface area contributed by atoms with Gasteiger partial charge in [-0.25, -0.2) is 9.98 Å². The molecule has 4 rings (SSSR count). The molecule has 2 N–H and O–H groups in total. The molecule has 1 unspecified atom stereocenters. The molecule has 0 aliphatic carbocycles. The number of carbonyl (C=O) groups excluding carboxylic acids is 2. The van der Waals surface area contributed by atoms with Crippen LogP contribution in [0, 0.1) is 11.9 Å². The average molecular weight is 468 g/mol. The second kappa shape index (κ2) is 9.32. The molecule has 0 radical (unpaired) electrons. The highest BCUT2D eigenvalue weighted by Crippen LogP contribution is 2.45. The summed E-state index contributed by atoms with van der Waals surface area (Å²) in [6.07, 6.45) is 3.74. The highest BCUT2D eigenvalue weighted by Gasteiger charge is 2.54. The normalized spacial score (nSPS) is 22.2. The number of likely N-dealkylation sites (N-methyl/N-ethyl adjacent to an activating group) is 1. The zero-order valence-electron chi connectivity index (χ0n) is 19.2. The van der Waals surface area contributed by atoms with Crippen molar-refractivity contribution in [1.29, 1.82) is 0 Å². The number of benzene rings is 1. The maximum absolute atomic E-state index is 14.4. The maximum atomic E-state index is 14.4. The van der Waals surface area contributed by atoms with Gasteiger partial charge < -0.3 is 10.6 Å². The van der Waals surface area contributed by atoms with Gasteiger partial charge in [-0.05, 0) is 42.7 Å². The van der Waals surface area contributed by atoms with E-state index in [2.05, 4.69) is 9.98 Å². The summed E-state index contributed by atoms with van der Waals surface area (Å²) in [6.45, 7) is 1.82. The number of aliphatic imine (C=N–C) groups is 1. The van der Waals surface area contributed by atoms with E-state index >= 15 is 0 Å². The minimum absolute atomic E-state index is 0.0295. The predicted molar refractivity (Wildman–Crippen MR) is 125 cm³/mol. The SMILES string of the molecule is CC(=O)CC1=CC([C@]2(c3cccc(-c4cccnc4F)c3)N=C(N)N(C)C2=O)CN1CCCF. The second-order valence-electron chi connectivity index (χ2n) is 8.65. The van der Waals surface area contributed by atoms with Crippen LogP contribution in [0.1, 0.15) is 25.3 Å². The first-order valence-corrected chi connectivity index (χ1v) is 11.1. The Labute approximate surface area is 197 Å². The van der Waals surface area contributed by atoms with E-state index in [0.29, 0.717) is 36.2 Å². The van der Waals surface area contributed by atoms with Crippen LogP contribution in [0.25, 0.3) is 11.1 Å². The first-order valence-electron chi connectivity index (χ1n) is 11.1. The molecule has 34 heavy (non-hydrogen) atoms. The van der Waals surface area contributed by atoms with E-state index in [1.165, 1.54) is 18.0 Å². The smallest absolute Gasteiger partial charge is 0.262 e. The Bertz CT molecular complexity index is 1180. The van der Waals surface area contributed by atoms with Crippen molar-refractivity contribution in [3.05, 3.63) is 65.9 Å². The number of carbonyl (C=O) groups is 2. The predicted octanol–water partition coefficient (Wildman–Crippen LogP) is 3.02. The van der Waals surface area contributed by atoms with Crippen LogP contribution >= 0.6 is 0 Å². The van der Waals surface area contributed by atoms with Crippen LogP contribution in [0.5, 0.6) is 0 Å². The lowest BCUT2D eigenvalue weighted by molar-refractivity contribution is -0.132. The molecular formula is C25H27F2N5O2. The fourth-order valence-corrected chi connectivity index (χ4v) is 4.74. The summed E-state index contributed by atoms with van der Waals surface area (Å²) in [4.78, 5) is 37.2. The molecule has 7 nitrogen and oxygen atoms in total. The number of pyridine rings is 1. The summed E-state index contributed by atoms with van der Waals surface area (Å²) in [5.74, 6) is -1.34. The highest BCUT2D eigenvalue weighted by molar-refractivity contribution is 6.07. The van der Waals surface area contributed by atoms with Crippen LogP contribution in [0.15, 0.2) is 59.4 Å². The number of alkyl halides is 1. The number of amides is 1. The van der Waals surface area contributed by atoms with Crippen LogP contribution in [-0.4, -0.2) is 59.2 Å². The quantitative estimate of drug-likeness (QED) is 0.603. The Balaban J connectivity index is 1.83. The molecule has 0 saturated carbocycles. The largest absolute Gasteiger partial charge is 0.374 e. The number of halogens is 2. The van der Waals surface area contributed by atoms with Crippen molar-refractivity contribution in [1.82, 2.24) is 14.8 Å². The van der Waals surface area contributed by atoms with Gasteiger partial charge in [-0.1, -0.05) is 24.3 Å². The minimum Gasteiger partial charge on any atom is -0.374 e. The molecule has 1 amide bonds. The molecule has 1 aromatic heterocycles. The van der Waals surface area contributed by atoms with Gasteiger partial charge in [-0.3, -0.25) is 18.9 Å². The third-order valence-electron chi connectivity index (χ3n) is 6.38. The monoisotopic (exact) mass is 467 g/mol. The van der Waals surface area contributed by atoms with Crippen LogP contribution < -0.4 is 5.73 Å². The number of rotatable bonds is 8. The van der Waals surface area contributed by atoms with E-state index < -0.39 is 24.1 Å². The van der Waals surface area contributed by atoms with Crippen LogP contribution in [0.3, 0.4) is 0 Å². The summed E-state index contributed by atoms with van der Waals surface area (Å²) in [5.41, 5.74) is 6.87. The number of nitrogens with zero attached hydrogens (tertiary/aromatic N) is 4. The summed E-state index contributed by atoms with van der Waals surface area (Å²) in [6, 6.07) is 10.2. The van der Waals surface area contributed by atoms with Gasteiger partial charge in [0.1, 0.15) is 5.78 Å². The first-order chi connectivity index (χ1) is 16.3. The standard InChI is InChI=1S/C25H27F2N5O2/c1-16(33)12-20-14-19(15-32(20)11-5-9-26)25(23(34)31(2)24(28)30-25)18-7-3-6-17(13-18)21-8-4-10-29-22(21)27/h3-4,6-8,10,13-14,19H,5,9,11-12,15H2,1-2H3,(H2,28,30)/t19?,25-/m0/s1. The number of ketones is 1.